The topological polar surface area (TPSA) is 41.6 Å². The van der Waals surface area contributed by atoms with Gasteiger partial charge in [0.25, 0.3) is 0 Å². The summed E-state index contributed by atoms with van der Waals surface area (Å²) in [6.45, 7) is 4.44. The Kier molecular flexibility index (Phi) is 5.01. The second kappa shape index (κ2) is 6.53. The van der Waals surface area contributed by atoms with E-state index in [1.54, 1.807) is 0 Å². The van der Waals surface area contributed by atoms with Crippen molar-refractivity contribution in [3.63, 3.8) is 0 Å². The highest BCUT2D eigenvalue weighted by Crippen LogP contribution is 2.26. The summed E-state index contributed by atoms with van der Waals surface area (Å²) in [5.74, 6) is -0.0915. The number of ether oxygens (including phenoxy) is 1. The number of hydrogen-bond acceptors (Lipinski definition) is 4. The first-order chi connectivity index (χ1) is 8.72. The van der Waals surface area contributed by atoms with Gasteiger partial charge in [-0.15, -0.1) is 0 Å². The van der Waals surface area contributed by atoms with Crippen LogP contribution in [-0.2, 0) is 9.53 Å². The first-order valence-electron chi connectivity index (χ1n) is 7.28. The Bertz CT molecular complexity index is 277. The highest BCUT2D eigenvalue weighted by atomic mass is 16.5. The van der Waals surface area contributed by atoms with E-state index in [9.17, 15) is 4.79 Å². The predicted molar refractivity (Wildman–Crippen MR) is 71.5 cm³/mol. The van der Waals surface area contributed by atoms with Crippen molar-refractivity contribution in [2.24, 2.45) is 0 Å². The summed E-state index contributed by atoms with van der Waals surface area (Å²) >= 11 is 0. The Morgan fingerprint density at radius 2 is 2.22 bits per heavy atom. The van der Waals surface area contributed by atoms with Gasteiger partial charge in [-0.1, -0.05) is 6.42 Å². The number of carbonyl (C=O) groups excluding carboxylic acids is 1. The van der Waals surface area contributed by atoms with Crippen molar-refractivity contribution in [3.05, 3.63) is 0 Å². The Hall–Kier alpha value is -0.610. The molecule has 0 aliphatic carbocycles. The molecule has 0 bridgehead atoms. The summed E-state index contributed by atoms with van der Waals surface area (Å²) < 4.78 is 4.79. The minimum absolute atomic E-state index is 0.0915. The number of esters is 1. The van der Waals surface area contributed by atoms with Gasteiger partial charge in [0, 0.05) is 18.1 Å². The van der Waals surface area contributed by atoms with E-state index in [0.717, 1.165) is 13.1 Å². The van der Waals surface area contributed by atoms with E-state index < -0.39 is 0 Å². The van der Waals surface area contributed by atoms with Gasteiger partial charge in [0.1, 0.15) is 0 Å². The van der Waals surface area contributed by atoms with Crippen LogP contribution in [0.25, 0.3) is 0 Å². The van der Waals surface area contributed by atoms with Gasteiger partial charge in [-0.2, -0.15) is 0 Å². The quantitative estimate of drug-likeness (QED) is 0.773. The standard InChI is InChI=1S/C14H26N2O2/c1-11(10-14(17)18-2)16-9-4-3-7-13(16)12-6-5-8-15-12/h11-13,15H,3-10H2,1-2H3. The minimum Gasteiger partial charge on any atom is -0.469 e. The molecule has 4 nitrogen and oxygen atoms in total. The largest absolute Gasteiger partial charge is 0.469 e. The Morgan fingerprint density at radius 1 is 1.39 bits per heavy atom. The third-order valence-electron chi connectivity index (χ3n) is 4.41. The third kappa shape index (κ3) is 3.23. The molecule has 18 heavy (non-hydrogen) atoms. The van der Waals surface area contributed by atoms with E-state index in [2.05, 4.69) is 17.1 Å². The second-order valence-electron chi connectivity index (χ2n) is 5.63. The number of likely N-dealkylation sites (tertiary alicyclic amines) is 1. The summed E-state index contributed by atoms with van der Waals surface area (Å²) in [7, 11) is 1.47. The van der Waals surface area contributed by atoms with Crippen molar-refractivity contribution < 1.29 is 9.53 Å². The number of nitrogens with zero attached hydrogens (tertiary/aromatic N) is 1. The number of methoxy groups -OCH3 is 1. The van der Waals surface area contributed by atoms with Crippen molar-refractivity contribution in [2.45, 2.75) is 63.6 Å². The summed E-state index contributed by atoms with van der Waals surface area (Å²) in [5, 5.41) is 3.62. The highest BCUT2D eigenvalue weighted by Gasteiger charge is 2.34. The van der Waals surface area contributed by atoms with Gasteiger partial charge in [0.15, 0.2) is 0 Å². The lowest BCUT2D eigenvalue weighted by atomic mass is 9.92. The smallest absolute Gasteiger partial charge is 0.307 e. The normalized spacial score (nSPS) is 31.2. The Balaban J connectivity index is 1.95. The molecule has 104 valence electrons. The molecule has 0 amide bonds. The summed E-state index contributed by atoms with van der Waals surface area (Å²) in [6, 6.07) is 1.54. The van der Waals surface area contributed by atoms with Crippen LogP contribution in [-0.4, -0.2) is 49.2 Å². The monoisotopic (exact) mass is 254 g/mol. The molecule has 0 aromatic heterocycles. The van der Waals surface area contributed by atoms with Crippen LogP contribution in [0.1, 0.15) is 45.4 Å². The average molecular weight is 254 g/mol. The van der Waals surface area contributed by atoms with Crippen molar-refractivity contribution in [1.29, 1.82) is 0 Å². The lowest BCUT2D eigenvalue weighted by Crippen LogP contribution is -2.53. The van der Waals surface area contributed by atoms with Crippen LogP contribution in [0.4, 0.5) is 0 Å². The average Bonchev–Trinajstić information content (AvgIpc) is 2.92. The maximum Gasteiger partial charge on any atom is 0.307 e. The second-order valence-corrected chi connectivity index (χ2v) is 5.63. The molecule has 0 aromatic carbocycles. The van der Waals surface area contributed by atoms with Crippen LogP contribution in [0.5, 0.6) is 0 Å². The van der Waals surface area contributed by atoms with E-state index in [-0.39, 0.29) is 5.97 Å². The zero-order valence-corrected chi connectivity index (χ0v) is 11.7. The van der Waals surface area contributed by atoms with Gasteiger partial charge in [-0.3, -0.25) is 9.69 Å². The van der Waals surface area contributed by atoms with E-state index in [4.69, 9.17) is 4.74 Å². The number of hydrogen-bond donors (Lipinski definition) is 1. The number of piperidine rings is 1. The molecule has 2 aliphatic heterocycles. The van der Waals surface area contributed by atoms with Crippen molar-refractivity contribution >= 4 is 5.97 Å². The van der Waals surface area contributed by atoms with Crippen LogP contribution in [0.3, 0.4) is 0 Å². The van der Waals surface area contributed by atoms with Crippen molar-refractivity contribution in [3.8, 4) is 0 Å². The van der Waals surface area contributed by atoms with Gasteiger partial charge in [0.05, 0.1) is 13.5 Å². The molecule has 2 fully saturated rings. The van der Waals surface area contributed by atoms with Crippen molar-refractivity contribution in [1.82, 2.24) is 10.2 Å². The van der Waals surface area contributed by atoms with E-state index in [1.165, 1.54) is 39.2 Å². The first-order valence-corrected chi connectivity index (χ1v) is 7.28. The molecular weight excluding hydrogens is 228 g/mol. The molecule has 1 N–H and O–H groups in total. The molecular formula is C14H26N2O2. The van der Waals surface area contributed by atoms with Gasteiger partial charge in [-0.05, 0) is 45.7 Å². The van der Waals surface area contributed by atoms with Crippen LogP contribution in [0.15, 0.2) is 0 Å². The van der Waals surface area contributed by atoms with Gasteiger partial charge in [-0.25, -0.2) is 0 Å². The SMILES string of the molecule is COC(=O)CC(C)N1CCCCC1C1CCCN1. The third-order valence-corrected chi connectivity index (χ3v) is 4.41. The molecule has 4 heteroatoms. The minimum atomic E-state index is -0.0915. The zero-order valence-electron chi connectivity index (χ0n) is 11.7. The summed E-state index contributed by atoms with van der Waals surface area (Å²) in [4.78, 5) is 14.0. The van der Waals surface area contributed by atoms with Crippen molar-refractivity contribution in [2.75, 3.05) is 20.2 Å². The molecule has 2 heterocycles. The van der Waals surface area contributed by atoms with Crippen LogP contribution >= 0.6 is 0 Å². The molecule has 0 radical (unpaired) electrons. The van der Waals surface area contributed by atoms with Crippen LogP contribution in [0, 0.1) is 0 Å². The van der Waals surface area contributed by atoms with Gasteiger partial charge in [0.2, 0.25) is 0 Å². The lowest BCUT2D eigenvalue weighted by molar-refractivity contribution is -0.142. The molecule has 0 saturated carbocycles. The molecule has 3 unspecified atom stereocenters. The van der Waals surface area contributed by atoms with E-state index >= 15 is 0 Å². The zero-order chi connectivity index (χ0) is 13.0. The number of nitrogens with one attached hydrogen (secondary N) is 1. The van der Waals surface area contributed by atoms with E-state index in [1.807, 2.05) is 0 Å². The molecule has 0 spiro atoms. The number of carbonyl (C=O) groups is 1. The van der Waals surface area contributed by atoms with Crippen LogP contribution in [0.2, 0.25) is 0 Å². The fourth-order valence-corrected chi connectivity index (χ4v) is 3.44. The maximum atomic E-state index is 11.4. The molecule has 2 rings (SSSR count). The van der Waals surface area contributed by atoms with Gasteiger partial charge >= 0.3 is 5.97 Å². The first kappa shape index (κ1) is 13.8. The van der Waals surface area contributed by atoms with Gasteiger partial charge < -0.3 is 10.1 Å². The highest BCUT2D eigenvalue weighted by molar-refractivity contribution is 5.69. The molecule has 3 atom stereocenters. The summed E-state index contributed by atoms with van der Waals surface area (Å²) in [5.41, 5.74) is 0. The van der Waals surface area contributed by atoms with Crippen LogP contribution < -0.4 is 5.32 Å². The summed E-state index contributed by atoms with van der Waals surface area (Å²) in [6.07, 6.45) is 6.94. The molecule has 2 saturated heterocycles. The fourth-order valence-electron chi connectivity index (χ4n) is 3.44. The molecule has 2 aliphatic rings. The lowest BCUT2D eigenvalue weighted by Gasteiger charge is -2.42. The molecule has 0 aromatic rings. The Labute approximate surface area is 110 Å². The van der Waals surface area contributed by atoms with E-state index in [0.29, 0.717) is 24.5 Å². The predicted octanol–water partition coefficient (Wildman–Crippen LogP) is 1.54. The maximum absolute atomic E-state index is 11.4. The fraction of sp³-hybridized carbons (Fsp3) is 0.929. The Morgan fingerprint density at radius 3 is 2.89 bits per heavy atom. The number of rotatable bonds is 4.